The molecule has 0 unspecified atom stereocenters. The van der Waals surface area contributed by atoms with E-state index in [0.717, 1.165) is 29.9 Å². The minimum absolute atomic E-state index is 0.208. The molecule has 1 saturated heterocycles. The van der Waals surface area contributed by atoms with Gasteiger partial charge in [-0.15, -0.1) is 0 Å². The highest BCUT2D eigenvalue weighted by Crippen LogP contribution is 2.22. The highest BCUT2D eigenvalue weighted by molar-refractivity contribution is 7.89. The first-order chi connectivity index (χ1) is 12.1. The van der Waals surface area contributed by atoms with Crippen molar-refractivity contribution in [2.75, 3.05) is 18.0 Å². The van der Waals surface area contributed by atoms with Crippen molar-refractivity contribution in [1.82, 2.24) is 4.83 Å². The van der Waals surface area contributed by atoms with Gasteiger partial charge in [-0.3, -0.25) is 0 Å². The van der Waals surface area contributed by atoms with Crippen LogP contribution in [0, 0.1) is 6.92 Å². The molecule has 6 heteroatoms. The van der Waals surface area contributed by atoms with Crippen LogP contribution in [0.3, 0.4) is 0 Å². The van der Waals surface area contributed by atoms with Crippen LogP contribution in [0.15, 0.2) is 58.5 Å². The van der Waals surface area contributed by atoms with E-state index in [4.69, 9.17) is 0 Å². The summed E-state index contributed by atoms with van der Waals surface area (Å²) in [6.07, 6.45) is 5.22. The summed E-state index contributed by atoms with van der Waals surface area (Å²) in [5, 5.41) is 3.98. The second kappa shape index (κ2) is 7.70. The summed E-state index contributed by atoms with van der Waals surface area (Å²) >= 11 is 0. The Morgan fingerprint density at radius 1 is 1.00 bits per heavy atom. The van der Waals surface area contributed by atoms with Crippen LogP contribution in [0.25, 0.3) is 0 Å². The summed E-state index contributed by atoms with van der Waals surface area (Å²) in [7, 11) is -3.65. The average molecular weight is 357 g/mol. The fourth-order valence-electron chi connectivity index (χ4n) is 2.95. The molecule has 1 fully saturated rings. The maximum atomic E-state index is 12.3. The van der Waals surface area contributed by atoms with E-state index in [-0.39, 0.29) is 4.90 Å². The van der Waals surface area contributed by atoms with E-state index in [9.17, 15) is 8.42 Å². The van der Waals surface area contributed by atoms with Gasteiger partial charge in [-0.2, -0.15) is 13.5 Å². The molecular formula is C19H23N3O2S. The highest BCUT2D eigenvalue weighted by Gasteiger charge is 2.14. The van der Waals surface area contributed by atoms with E-state index < -0.39 is 10.0 Å². The van der Waals surface area contributed by atoms with Gasteiger partial charge < -0.3 is 4.90 Å². The van der Waals surface area contributed by atoms with Crippen LogP contribution < -0.4 is 9.73 Å². The summed E-state index contributed by atoms with van der Waals surface area (Å²) in [6, 6.07) is 14.6. The monoisotopic (exact) mass is 357 g/mol. The van der Waals surface area contributed by atoms with Crippen molar-refractivity contribution in [3.63, 3.8) is 0 Å². The van der Waals surface area contributed by atoms with Crippen LogP contribution >= 0.6 is 0 Å². The molecule has 0 aliphatic carbocycles. The lowest BCUT2D eigenvalue weighted by atomic mass is 10.1. The quantitative estimate of drug-likeness (QED) is 0.660. The van der Waals surface area contributed by atoms with E-state index in [2.05, 4.69) is 20.9 Å². The van der Waals surface area contributed by atoms with Gasteiger partial charge in [0, 0.05) is 24.3 Å². The summed E-state index contributed by atoms with van der Waals surface area (Å²) < 4.78 is 24.6. The Morgan fingerprint density at radius 2 is 1.68 bits per heavy atom. The van der Waals surface area contributed by atoms with E-state index in [1.807, 2.05) is 25.1 Å². The van der Waals surface area contributed by atoms with Gasteiger partial charge in [-0.1, -0.05) is 35.9 Å². The van der Waals surface area contributed by atoms with Crippen LogP contribution in [-0.2, 0) is 10.0 Å². The van der Waals surface area contributed by atoms with Crippen LogP contribution in [0.4, 0.5) is 5.69 Å². The number of sulfonamides is 1. The van der Waals surface area contributed by atoms with Gasteiger partial charge in [0.05, 0.1) is 11.1 Å². The second-order valence-corrected chi connectivity index (χ2v) is 7.93. The van der Waals surface area contributed by atoms with Gasteiger partial charge in [0.1, 0.15) is 0 Å². The number of piperidine rings is 1. The molecule has 0 bridgehead atoms. The number of benzene rings is 2. The predicted molar refractivity (Wildman–Crippen MR) is 102 cm³/mol. The molecule has 1 aliphatic rings. The van der Waals surface area contributed by atoms with Gasteiger partial charge in [0.25, 0.3) is 10.0 Å². The molecular weight excluding hydrogens is 334 g/mol. The third kappa shape index (κ3) is 4.39. The summed E-state index contributed by atoms with van der Waals surface area (Å²) in [6.45, 7) is 3.97. The van der Waals surface area contributed by atoms with Gasteiger partial charge in [0.2, 0.25) is 0 Å². The number of rotatable bonds is 5. The van der Waals surface area contributed by atoms with Crippen LogP contribution in [0.5, 0.6) is 0 Å². The minimum Gasteiger partial charge on any atom is -0.371 e. The molecule has 2 aromatic rings. The van der Waals surface area contributed by atoms with Crippen molar-refractivity contribution in [1.29, 1.82) is 0 Å². The summed E-state index contributed by atoms with van der Waals surface area (Å²) in [5.41, 5.74) is 3.02. The Hall–Kier alpha value is -2.34. The molecule has 0 aromatic heterocycles. The van der Waals surface area contributed by atoms with Crippen molar-refractivity contribution in [3.8, 4) is 0 Å². The van der Waals surface area contributed by atoms with Crippen molar-refractivity contribution >= 4 is 21.9 Å². The van der Waals surface area contributed by atoms with E-state index >= 15 is 0 Å². The number of nitrogens with zero attached hydrogens (tertiary/aromatic N) is 2. The molecule has 5 nitrogen and oxygen atoms in total. The molecule has 0 saturated carbocycles. The number of hydrogen-bond acceptors (Lipinski definition) is 4. The van der Waals surface area contributed by atoms with Crippen LogP contribution in [0.2, 0.25) is 0 Å². The summed E-state index contributed by atoms with van der Waals surface area (Å²) in [5.74, 6) is 0. The molecule has 132 valence electrons. The van der Waals surface area contributed by atoms with E-state index in [1.54, 1.807) is 30.5 Å². The number of nitrogens with one attached hydrogen (secondary N) is 1. The SMILES string of the molecule is Cc1ccc(S(=O)(=O)N/N=C/c2ccccc2N2CCCCC2)cc1. The fourth-order valence-corrected chi connectivity index (χ4v) is 3.75. The van der Waals surface area contributed by atoms with Crippen molar-refractivity contribution in [3.05, 3.63) is 59.7 Å². The lowest BCUT2D eigenvalue weighted by Crippen LogP contribution is -2.30. The molecule has 1 N–H and O–H groups in total. The third-order valence-electron chi connectivity index (χ3n) is 4.34. The lowest BCUT2D eigenvalue weighted by molar-refractivity contribution is 0.577. The normalized spacial score (nSPS) is 15.5. The molecule has 1 heterocycles. The zero-order chi connectivity index (χ0) is 17.7. The first-order valence-electron chi connectivity index (χ1n) is 8.52. The number of hydrazone groups is 1. The second-order valence-electron chi connectivity index (χ2n) is 6.27. The Bertz CT molecular complexity index is 839. The minimum atomic E-state index is -3.65. The number of para-hydroxylation sites is 1. The average Bonchev–Trinajstić information content (AvgIpc) is 2.63. The zero-order valence-electron chi connectivity index (χ0n) is 14.4. The maximum Gasteiger partial charge on any atom is 0.276 e. The van der Waals surface area contributed by atoms with Crippen LogP contribution in [0.1, 0.15) is 30.4 Å². The van der Waals surface area contributed by atoms with Gasteiger partial charge >= 0.3 is 0 Å². The van der Waals surface area contributed by atoms with Gasteiger partial charge in [-0.25, -0.2) is 4.83 Å². The predicted octanol–water partition coefficient (Wildman–Crippen LogP) is 3.30. The number of hydrogen-bond donors (Lipinski definition) is 1. The zero-order valence-corrected chi connectivity index (χ0v) is 15.2. The third-order valence-corrected chi connectivity index (χ3v) is 5.58. The molecule has 25 heavy (non-hydrogen) atoms. The molecule has 1 aliphatic heterocycles. The Labute approximate surface area is 149 Å². The van der Waals surface area contributed by atoms with Gasteiger partial charge in [0.15, 0.2) is 0 Å². The maximum absolute atomic E-state index is 12.3. The number of aryl methyl sites for hydroxylation is 1. The highest BCUT2D eigenvalue weighted by atomic mass is 32.2. The molecule has 0 spiro atoms. The van der Waals surface area contributed by atoms with Crippen LogP contribution in [-0.4, -0.2) is 27.7 Å². The molecule has 0 atom stereocenters. The smallest absolute Gasteiger partial charge is 0.276 e. The summed E-state index contributed by atoms with van der Waals surface area (Å²) in [4.78, 5) is 4.84. The lowest BCUT2D eigenvalue weighted by Gasteiger charge is -2.29. The van der Waals surface area contributed by atoms with E-state index in [0.29, 0.717) is 0 Å². The molecule has 0 radical (unpaired) electrons. The first kappa shape index (κ1) is 17.5. The van der Waals surface area contributed by atoms with Crippen molar-refractivity contribution in [2.45, 2.75) is 31.1 Å². The molecule has 3 rings (SSSR count). The van der Waals surface area contributed by atoms with Gasteiger partial charge in [-0.05, 0) is 44.4 Å². The Morgan fingerprint density at radius 3 is 2.40 bits per heavy atom. The topological polar surface area (TPSA) is 61.8 Å². The standard InChI is InChI=1S/C19H23N3O2S/c1-16-9-11-18(12-10-16)25(23,24)21-20-15-17-7-3-4-8-19(17)22-13-5-2-6-14-22/h3-4,7-12,15,21H,2,5-6,13-14H2,1H3/b20-15+. The first-order valence-corrected chi connectivity index (χ1v) is 10.0. The van der Waals surface area contributed by atoms with Crippen molar-refractivity contribution in [2.24, 2.45) is 5.10 Å². The fraction of sp³-hybridized carbons (Fsp3) is 0.316. The Kier molecular flexibility index (Phi) is 5.38. The number of anilines is 1. The van der Waals surface area contributed by atoms with E-state index in [1.165, 1.54) is 19.3 Å². The van der Waals surface area contributed by atoms with Crippen molar-refractivity contribution < 1.29 is 8.42 Å². The largest absolute Gasteiger partial charge is 0.371 e. The Balaban J connectivity index is 1.75. The molecule has 0 amide bonds. The molecule has 2 aromatic carbocycles.